The zero-order valence-electron chi connectivity index (χ0n) is 11.5. The molecule has 0 rings (SSSR count). The van der Waals surface area contributed by atoms with E-state index in [1.54, 1.807) is 13.2 Å². The lowest BCUT2D eigenvalue weighted by Gasteiger charge is -1.91. The van der Waals surface area contributed by atoms with Crippen LogP contribution in [0.5, 0.6) is 0 Å². The first-order valence-electron chi connectivity index (χ1n) is 5.45. The Bertz CT molecular complexity index is 213. The number of rotatable bonds is 4. The van der Waals surface area contributed by atoms with E-state index in [-0.39, 0.29) is 5.96 Å². The van der Waals surface area contributed by atoms with Gasteiger partial charge >= 0.3 is 0 Å². The Morgan fingerprint density at radius 1 is 1.18 bits per heavy atom. The van der Waals surface area contributed by atoms with E-state index in [2.05, 4.69) is 16.3 Å². The van der Waals surface area contributed by atoms with Crippen LogP contribution in [0.15, 0.2) is 42.0 Å². The van der Waals surface area contributed by atoms with Gasteiger partial charge in [0.05, 0.1) is 13.2 Å². The van der Waals surface area contributed by atoms with Crippen molar-refractivity contribution in [2.24, 2.45) is 16.5 Å². The highest BCUT2D eigenvalue weighted by molar-refractivity contribution is 5.75. The van der Waals surface area contributed by atoms with E-state index in [0.29, 0.717) is 13.2 Å². The van der Waals surface area contributed by atoms with Gasteiger partial charge in [-0.2, -0.15) is 0 Å². The van der Waals surface area contributed by atoms with Gasteiger partial charge in [-0.15, -0.1) is 0 Å². The molecule has 4 heteroatoms. The molecule has 0 aliphatic carbocycles. The van der Waals surface area contributed by atoms with E-state index in [9.17, 15) is 0 Å². The molecule has 0 amide bonds. The normalized spacial score (nSPS) is 8.94. The lowest BCUT2D eigenvalue weighted by atomic mass is 10.5. The van der Waals surface area contributed by atoms with Crippen LogP contribution in [-0.4, -0.2) is 26.2 Å². The van der Waals surface area contributed by atoms with Crippen molar-refractivity contribution in [3.05, 3.63) is 37.0 Å². The highest BCUT2D eigenvalue weighted by Crippen LogP contribution is 1.68. The van der Waals surface area contributed by atoms with Crippen LogP contribution in [-0.2, 0) is 4.74 Å². The third-order valence-corrected chi connectivity index (χ3v) is 1.25. The molecular formula is C13H27N3O. The molecule has 0 fully saturated rings. The summed E-state index contributed by atoms with van der Waals surface area (Å²) in [6, 6.07) is 0. The van der Waals surface area contributed by atoms with Crippen molar-refractivity contribution in [3.8, 4) is 0 Å². The van der Waals surface area contributed by atoms with Crippen LogP contribution in [0.2, 0.25) is 0 Å². The molecule has 0 heterocycles. The number of aliphatic imine (C=N–C) groups is 1. The van der Waals surface area contributed by atoms with Crippen LogP contribution in [0.3, 0.4) is 0 Å². The summed E-state index contributed by atoms with van der Waals surface area (Å²) in [6.45, 7) is 10.5. The number of nitrogens with zero attached hydrogens (tertiary/aromatic N) is 1. The Kier molecular flexibility index (Phi) is 29.3. The zero-order chi connectivity index (χ0) is 13.9. The van der Waals surface area contributed by atoms with Gasteiger partial charge in [-0.1, -0.05) is 37.0 Å². The predicted molar refractivity (Wildman–Crippen MR) is 78.1 cm³/mol. The molecular weight excluding hydrogens is 214 g/mol. The van der Waals surface area contributed by atoms with E-state index in [1.165, 1.54) is 0 Å². The van der Waals surface area contributed by atoms with Gasteiger partial charge in [0.15, 0.2) is 5.96 Å². The maximum Gasteiger partial charge on any atom is 0.185 e. The first-order valence-corrected chi connectivity index (χ1v) is 5.45. The number of nitrogens with two attached hydrogens (primary N) is 2. The Balaban J connectivity index is -0.000000188. The van der Waals surface area contributed by atoms with Gasteiger partial charge in [-0.3, -0.25) is 4.99 Å². The molecule has 0 bridgehead atoms. The van der Waals surface area contributed by atoms with Crippen LogP contribution < -0.4 is 11.5 Å². The van der Waals surface area contributed by atoms with Crippen LogP contribution in [0, 0.1) is 0 Å². The highest BCUT2D eigenvalue weighted by Gasteiger charge is 1.78. The maximum absolute atomic E-state index is 5.01. The fourth-order valence-corrected chi connectivity index (χ4v) is 0.402. The molecule has 0 saturated carbocycles. The van der Waals surface area contributed by atoms with Gasteiger partial charge in [0.1, 0.15) is 0 Å². The Hall–Kier alpha value is -1.55. The lowest BCUT2D eigenvalue weighted by molar-refractivity contribution is 0.208. The van der Waals surface area contributed by atoms with Crippen LogP contribution in [0.4, 0.5) is 0 Å². The summed E-state index contributed by atoms with van der Waals surface area (Å²) in [5.41, 5.74) is 10.0. The second kappa shape index (κ2) is 23.9. The summed E-state index contributed by atoms with van der Waals surface area (Å²) in [5.74, 6) is 0.113. The van der Waals surface area contributed by atoms with Crippen LogP contribution >= 0.6 is 0 Å². The first-order chi connectivity index (χ1) is 8.10. The minimum atomic E-state index is 0.113. The number of methoxy groups -OCH3 is 1. The third kappa shape index (κ3) is 53.8. The van der Waals surface area contributed by atoms with Crippen molar-refractivity contribution in [3.63, 3.8) is 0 Å². The van der Waals surface area contributed by atoms with E-state index >= 15 is 0 Å². The third-order valence-electron chi connectivity index (χ3n) is 1.25. The zero-order valence-corrected chi connectivity index (χ0v) is 11.5. The van der Waals surface area contributed by atoms with Crippen molar-refractivity contribution < 1.29 is 4.74 Å². The number of hydrogen-bond acceptors (Lipinski definition) is 2. The van der Waals surface area contributed by atoms with Gasteiger partial charge in [0.25, 0.3) is 0 Å². The molecule has 4 nitrogen and oxygen atoms in total. The van der Waals surface area contributed by atoms with Gasteiger partial charge in [-0.05, 0) is 20.8 Å². The number of guanidine groups is 1. The smallest absolute Gasteiger partial charge is 0.185 e. The molecule has 0 aliphatic heterocycles. The van der Waals surface area contributed by atoms with Crippen molar-refractivity contribution in [1.82, 2.24) is 0 Å². The molecule has 0 atom stereocenters. The quantitative estimate of drug-likeness (QED) is 0.261. The molecule has 100 valence electrons. The standard InChI is InChI=1S/C5H8.C4H11N3O.C4H8/c1-3-5-4-2;1-8-3-2-7-4(5)6;1-3-4-2/h3-5H,1H2,2H3;2-3H2,1H3,(H4,5,6,7);3-4H,1-2H3/b5-4-;;4-3-. The minimum Gasteiger partial charge on any atom is -0.383 e. The van der Waals surface area contributed by atoms with Gasteiger partial charge < -0.3 is 16.2 Å². The average molecular weight is 241 g/mol. The van der Waals surface area contributed by atoms with Crippen molar-refractivity contribution in [1.29, 1.82) is 0 Å². The molecule has 0 spiro atoms. The van der Waals surface area contributed by atoms with E-state index in [0.717, 1.165) is 0 Å². The molecule has 0 aromatic carbocycles. The van der Waals surface area contributed by atoms with Gasteiger partial charge in [-0.25, -0.2) is 0 Å². The van der Waals surface area contributed by atoms with E-state index in [4.69, 9.17) is 11.5 Å². The number of allylic oxidation sites excluding steroid dienone is 5. The Morgan fingerprint density at radius 2 is 1.71 bits per heavy atom. The minimum absolute atomic E-state index is 0.113. The topological polar surface area (TPSA) is 73.6 Å². The number of ether oxygens (including phenoxy) is 1. The second-order valence-electron chi connectivity index (χ2n) is 2.73. The monoisotopic (exact) mass is 241 g/mol. The van der Waals surface area contributed by atoms with Crippen molar-refractivity contribution in [2.75, 3.05) is 20.3 Å². The molecule has 0 radical (unpaired) electrons. The summed E-state index contributed by atoms with van der Waals surface area (Å²) in [4.78, 5) is 3.66. The molecule has 0 aromatic rings. The Labute approximate surface area is 106 Å². The first kappa shape index (κ1) is 20.8. The average Bonchev–Trinajstić information content (AvgIpc) is 2.31. The fraction of sp³-hybridized carbons (Fsp3) is 0.462. The largest absolute Gasteiger partial charge is 0.383 e. The van der Waals surface area contributed by atoms with Crippen LogP contribution in [0.1, 0.15) is 20.8 Å². The Morgan fingerprint density at radius 3 is 1.88 bits per heavy atom. The summed E-state index contributed by atoms with van der Waals surface area (Å²) in [5, 5.41) is 0. The summed E-state index contributed by atoms with van der Waals surface area (Å²) in [6.07, 6.45) is 9.58. The maximum atomic E-state index is 5.01. The van der Waals surface area contributed by atoms with E-state index < -0.39 is 0 Å². The summed E-state index contributed by atoms with van der Waals surface area (Å²) < 4.78 is 4.67. The predicted octanol–water partition coefficient (Wildman–Crippen LogP) is 2.24. The van der Waals surface area contributed by atoms with Crippen molar-refractivity contribution >= 4 is 5.96 Å². The molecule has 0 unspecified atom stereocenters. The summed E-state index contributed by atoms with van der Waals surface area (Å²) >= 11 is 0. The molecule has 0 saturated heterocycles. The van der Waals surface area contributed by atoms with Crippen molar-refractivity contribution in [2.45, 2.75) is 20.8 Å². The molecule has 0 aromatic heterocycles. The molecule has 17 heavy (non-hydrogen) atoms. The molecule has 4 N–H and O–H groups in total. The summed E-state index contributed by atoms with van der Waals surface area (Å²) in [7, 11) is 1.60. The van der Waals surface area contributed by atoms with Gasteiger partial charge in [0.2, 0.25) is 0 Å². The lowest BCUT2D eigenvalue weighted by Crippen LogP contribution is -2.23. The second-order valence-corrected chi connectivity index (χ2v) is 2.73. The highest BCUT2D eigenvalue weighted by atomic mass is 16.5. The fourth-order valence-electron chi connectivity index (χ4n) is 0.402. The van der Waals surface area contributed by atoms with Crippen LogP contribution in [0.25, 0.3) is 0 Å². The SMILES string of the molecule is C/C=C\C.C=C/C=C\C.COCCN=C(N)N. The van der Waals surface area contributed by atoms with Gasteiger partial charge in [0, 0.05) is 7.11 Å². The van der Waals surface area contributed by atoms with E-state index in [1.807, 2.05) is 45.1 Å². The molecule has 0 aliphatic rings. The number of hydrogen-bond donors (Lipinski definition) is 2.